The summed E-state index contributed by atoms with van der Waals surface area (Å²) >= 11 is 0. The Kier molecular flexibility index (Phi) is 5.52. The standard InChI is InChI=1S/C33H31BNO3/c1-33(2)29-12-5-3-10-25(29)28-19-22(15-17-30(28)33)35(21-8-7-9-24(18-21)38-34-36)23-14-16-27-26-11-4-6-13-31(26)37-32(27)20-23/h3-14,16,18,20,22,28,30,36H,15,17,19H2,1-2H3. The van der Waals surface area contributed by atoms with Gasteiger partial charge in [-0.25, -0.2) is 0 Å². The number of hydrogen-bond donors (Lipinski definition) is 1. The van der Waals surface area contributed by atoms with Gasteiger partial charge < -0.3 is 19.0 Å². The number of nitrogens with zero attached hydrogens (tertiary/aromatic N) is 1. The zero-order valence-electron chi connectivity index (χ0n) is 21.8. The molecule has 1 saturated carbocycles. The quantitative estimate of drug-likeness (QED) is 0.250. The Labute approximate surface area is 224 Å². The summed E-state index contributed by atoms with van der Waals surface area (Å²) in [6.45, 7) is 4.85. The lowest BCUT2D eigenvalue weighted by molar-refractivity contribution is 0.216. The van der Waals surface area contributed by atoms with Crippen molar-refractivity contribution in [2.24, 2.45) is 5.92 Å². The van der Waals surface area contributed by atoms with Crippen LogP contribution in [0.1, 0.15) is 50.2 Å². The molecular weight excluding hydrogens is 469 g/mol. The summed E-state index contributed by atoms with van der Waals surface area (Å²) in [6, 6.07) is 32.2. The fourth-order valence-corrected chi connectivity index (χ4v) is 7.40. The molecule has 1 heterocycles. The molecule has 5 aromatic rings. The minimum atomic E-state index is 0.189. The molecule has 3 unspecified atom stereocenters. The number of para-hydroxylation sites is 1. The van der Waals surface area contributed by atoms with Crippen molar-refractivity contribution in [2.45, 2.75) is 50.5 Å². The smallest absolute Gasteiger partial charge is 0.537 e. The second-order valence-electron chi connectivity index (χ2n) is 11.4. The number of fused-ring (bicyclic) bond motifs is 6. The molecule has 0 spiro atoms. The number of benzene rings is 4. The van der Waals surface area contributed by atoms with Crippen molar-refractivity contribution in [3.63, 3.8) is 0 Å². The van der Waals surface area contributed by atoms with Gasteiger partial charge in [0.05, 0.1) is 0 Å². The molecule has 7 rings (SSSR count). The summed E-state index contributed by atoms with van der Waals surface area (Å²) in [4.78, 5) is 2.46. The third kappa shape index (κ3) is 3.64. The molecule has 4 nitrogen and oxygen atoms in total. The first-order valence-corrected chi connectivity index (χ1v) is 13.6. The van der Waals surface area contributed by atoms with Gasteiger partial charge in [0.1, 0.15) is 16.9 Å². The SMILES string of the molecule is CC1(C)c2ccccc2C2CC(N(c3cccc(O[B]O)c3)c3ccc4c(c3)oc3ccccc34)CCC21. The monoisotopic (exact) mass is 500 g/mol. The Morgan fingerprint density at radius 1 is 0.842 bits per heavy atom. The maximum Gasteiger partial charge on any atom is 0.569 e. The summed E-state index contributed by atoms with van der Waals surface area (Å²) < 4.78 is 11.6. The highest BCUT2D eigenvalue weighted by atomic mass is 16.5. The first-order valence-electron chi connectivity index (χ1n) is 13.6. The van der Waals surface area contributed by atoms with Gasteiger partial charge in [-0.2, -0.15) is 0 Å². The van der Waals surface area contributed by atoms with Crippen LogP contribution >= 0.6 is 0 Å². The molecule has 1 N–H and O–H groups in total. The summed E-state index contributed by atoms with van der Waals surface area (Å²) in [5.41, 5.74) is 7.18. The van der Waals surface area contributed by atoms with Crippen molar-refractivity contribution in [1.29, 1.82) is 0 Å². The molecule has 0 aliphatic heterocycles. The number of anilines is 2. The maximum absolute atomic E-state index is 9.27. The molecule has 189 valence electrons. The van der Waals surface area contributed by atoms with Gasteiger partial charge in [0.2, 0.25) is 0 Å². The lowest BCUT2D eigenvalue weighted by Crippen LogP contribution is -2.40. The van der Waals surface area contributed by atoms with Crippen LogP contribution in [-0.4, -0.2) is 18.8 Å². The zero-order valence-corrected chi connectivity index (χ0v) is 21.8. The molecule has 1 fully saturated rings. The molecule has 0 amide bonds. The number of furan rings is 1. The van der Waals surface area contributed by atoms with Crippen molar-refractivity contribution in [2.75, 3.05) is 4.90 Å². The van der Waals surface area contributed by atoms with Crippen LogP contribution in [0.15, 0.2) is 95.4 Å². The van der Waals surface area contributed by atoms with Crippen LogP contribution in [0.25, 0.3) is 21.9 Å². The second kappa shape index (κ2) is 8.95. The van der Waals surface area contributed by atoms with Gasteiger partial charge in [0.25, 0.3) is 0 Å². The van der Waals surface area contributed by atoms with Crippen LogP contribution in [0.4, 0.5) is 11.4 Å². The first-order chi connectivity index (χ1) is 18.5. The summed E-state index contributed by atoms with van der Waals surface area (Å²) in [7, 11) is 0.743. The number of rotatable bonds is 5. The van der Waals surface area contributed by atoms with E-state index in [0.717, 1.165) is 53.8 Å². The molecule has 1 aromatic heterocycles. The summed E-state index contributed by atoms with van der Waals surface area (Å²) in [5, 5.41) is 11.5. The van der Waals surface area contributed by atoms with E-state index >= 15 is 0 Å². The second-order valence-corrected chi connectivity index (χ2v) is 11.4. The van der Waals surface area contributed by atoms with E-state index in [1.165, 1.54) is 17.5 Å². The average Bonchev–Trinajstić information content (AvgIpc) is 3.41. The molecule has 1 radical (unpaired) electrons. The van der Waals surface area contributed by atoms with Crippen LogP contribution in [0.5, 0.6) is 5.75 Å². The molecular formula is C33H31BNO3. The minimum absolute atomic E-state index is 0.189. The van der Waals surface area contributed by atoms with E-state index in [4.69, 9.17) is 9.07 Å². The molecule has 38 heavy (non-hydrogen) atoms. The van der Waals surface area contributed by atoms with Gasteiger partial charge in [0.15, 0.2) is 0 Å². The lowest BCUT2D eigenvalue weighted by Gasteiger charge is -2.43. The summed E-state index contributed by atoms with van der Waals surface area (Å²) in [5.74, 6) is 1.79. The van der Waals surface area contributed by atoms with Gasteiger partial charge in [-0.05, 0) is 78.0 Å². The predicted octanol–water partition coefficient (Wildman–Crippen LogP) is 7.87. The van der Waals surface area contributed by atoms with Gasteiger partial charge in [-0.1, -0.05) is 62.4 Å². The van der Waals surface area contributed by atoms with Crippen LogP contribution < -0.4 is 9.55 Å². The van der Waals surface area contributed by atoms with E-state index in [2.05, 4.69) is 79.4 Å². The highest BCUT2D eigenvalue weighted by molar-refractivity contribution is 6.17. The zero-order chi connectivity index (χ0) is 25.9. The Hall–Kier alpha value is -3.70. The largest absolute Gasteiger partial charge is 0.569 e. The third-order valence-corrected chi connectivity index (χ3v) is 9.09. The number of hydrogen-bond acceptors (Lipinski definition) is 4. The van der Waals surface area contributed by atoms with E-state index in [1.54, 1.807) is 0 Å². The van der Waals surface area contributed by atoms with E-state index < -0.39 is 0 Å². The van der Waals surface area contributed by atoms with Crippen LogP contribution in [0.3, 0.4) is 0 Å². The van der Waals surface area contributed by atoms with Crippen molar-refractivity contribution in [3.05, 3.63) is 102 Å². The fourth-order valence-electron chi connectivity index (χ4n) is 7.40. The molecule has 5 heteroatoms. The van der Waals surface area contributed by atoms with Crippen molar-refractivity contribution >= 4 is 41.0 Å². The molecule has 2 aliphatic carbocycles. The maximum atomic E-state index is 9.27. The van der Waals surface area contributed by atoms with Crippen LogP contribution in [-0.2, 0) is 5.41 Å². The topological polar surface area (TPSA) is 45.8 Å². The lowest BCUT2D eigenvalue weighted by atomic mass is 9.68. The van der Waals surface area contributed by atoms with E-state index in [1.807, 2.05) is 30.3 Å². The van der Waals surface area contributed by atoms with E-state index in [-0.39, 0.29) is 5.41 Å². The molecule has 2 aliphatic rings. The molecule has 0 bridgehead atoms. The molecule has 4 aromatic carbocycles. The van der Waals surface area contributed by atoms with Gasteiger partial charge >= 0.3 is 7.69 Å². The average molecular weight is 500 g/mol. The Balaban J connectivity index is 1.33. The van der Waals surface area contributed by atoms with Gasteiger partial charge in [-0.15, -0.1) is 0 Å². The third-order valence-electron chi connectivity index (χ3n) is 9.09. The Bertz CT molecular complexity index is 1640. The Morgan fingerprint density at radius 2 is 1.63 bits per heavy atom. The van der Waals surface area contributed by atoms with Crippen molar-refractivity contribution in [3.8, 4) is 5.75 Å². The molecule has 3 atom stereocenters. The minimum Gasteiger partial charge on any atom is -0.537 e. The Morgan fingerprint density at radius 3 is 2.53 bits per heavy atom. The van der Waals surface area contributed by atoms with Gasteiger partial charge in [-0.3, -0.25) is 0 Å². The van der Waals surface area contributed by atoms with Crippen molar-refractivity contribution < 1.29 is 14.1 Å². The van der Waals surface area contributed by atoms with Gasteiger partial charge in [0, 0.05) is 40.3 Å². The molecule has 0 saturated heterocycles. The predicted molar refractivity (Wildman–Crippen MR) is 154 cm³/mol. The fraction of sp³-hybridized carbons (Fsp3) is 0.273. The summed E-state index contributed by atoms with van der Waals surface area (Å²) in [6.07, 6.45) is 3.37. The van der Waals surface area contributed by atoms with Crippen LogP contribution in [0.2, 0.25) is 0 Å². The highest BCUT2D eigenvalue weighted by Crippen LogP contribution is 2.57. The van der Waals surface area contributed by atoms with E-state index in [0.29, 0.717) is 23.6 Å². The first kappa shape index (κ1) is 23.4. The van der Waals surface area contributed by atoms with E-state index in [9.17, 15) is 5.02 Å². The highest BCUT2D eigenvalue weighted by Gasteiger charge is 2.49. The van der Waals surface area contributed by atoms with Crippen molar-refractivity contribution in [1.82, 2.24) is 0 Å². The van der Waals surface area contributed by atoms with Crippen LogP contribution in [0, 0.1) is 5.92 Å². The normalized spacial score (nSPS) is 21.7.